The Labute approximate surface area is 345 Å². The molecule has 0 aliphatic carbocycles. The molecule has 0 amide bonds. The Morgan fingerprint density at radius 1 is 0.438 bits per heavy atom. The molecule has 0 unspecified atom stereocenters. The highest BCUT2D eigenvalue weighted by Crippen LogP contribution is 2.31. The van der Waals surface area contributed by atoms with Crippen molar-refractivity contribution < 1.29 is 92.4 Å². The number of halogens is 20. The minimum absolute atomic E-state index is 0.251. The average Bonchev–Trinajstić information content (AvgIpc) is 3.28. The summed E-state index contributed by atoms with van der Waals surface area (Å²) in [7, 11) is 0. The van der Waals surface area contributed by atoms with Crippen molar-refractivity contribution >= 4 is 28.0 Å². The summed E-state index contributed by atoms with van der Waals surface area (Å²) >= 11 is 0. The summed E-state index contributed by atoms with van der Waals surface area (Å²) in [6.45, 7) is 2.75. The molecule has 0 spiro atoms. The van der Waals surface area contributed by atoms with Crippen LogP contribution in [0.3, 0.4) is 0 Å². The molecular formula is C39H19BF20N4. The second-order valence-electron chi connectivity index (χ2n) is 13.2. The maximum absolute atomic E-state index is 15.4. The average molecular weight is 934 g/mol. The van der Waals surface area contributed by atoms with Crippen LogP contribution in [0.15, 0.2) is 35.9 Å². The zero-order valence-corrected chi connectivity index (χ0v) is 31.5. The van der Waals surface area contributed by atoms with Gasteiger partial charge in [0.1, 0.15) is 70.4 Å². The first kappa shape index (κ1) is 50.0. The van der Waals surface area contributed by atoms with Gasteiger partial charge in [-0.15, -0.1) is 21.9 Å². The number of aromatic nitrogens is 2. The van der Waals surface area contributed by atoms with E-state index in [1.54, 1.807) is 12.4 Å². The van der Waals surface area contributed by atoms with E-state index in [1.165, 1.54) is 12.8 Å². The van der Waals surface area contributed by atoms with Gasteiger partial charge < -0.3 is 0 Å². The Kier molecular flexibility index (Phi) is 15.5. The molecule has 0 saturated carbocycles. The van der Waals surface area contributed by atoms with Crippen molar-refractivity contribution in [3.05, 3.63) is 152 Å². The van der Waals surface area contributed by atoms with E-state index in [2.05, 4.69) is 11.9 Å². The van der Waals surface area contributed by atoms with Crippen LogP contribution < -0.4 is 26.4 Å². The highest BCUT2D eigenvalue weighted by Gasteiger charge is 2.52. The number of rotatable bonds is 11. The monoisotopic (exact) mass is 934 g/mol. The second-order valence-corrected chi connectivity index (χ2v) is 13.2. The largest absolute Gasteiger partial charge is 0.252 e. The quantitative estimate of drug-likeness (QED) is 0.0254. The highest BCUT2D eigenvalue weighted by atomic mass is 19.2. The van der Waals surface area contributed by atoms with Crippen molar-refractivity contribution in [3.8, 4) is 12.1 Å². The van der Waals surface area contributed by atoms with E-state index in [1.807, 2.05) is 29.1 Å². The minimum atomic E-state index is -7.22. The lowest BCUT2D eigenvalue weighted by Crippen LogP contribution is -2.81. The normalized spacial score (nSPS) is 11.2. The molecular weight excluding hydrogens is 915 g/mol. The van der Waals surface area contributed by atoms with E-state index in [4.69, 9.17) is 10.5 Å². The van der Waals surface area contributed by atoms with Gasteiger partial charge in [0.25, 0.3) is 0 Å². The first-order chi connectivity index (χ1) is 30.0. The maximum atomic E-state index is 15.4. The molecule has 0 N–H and O–H groups in total. The van der Waals surface area contributed by atoms with E-state index < -0.39 is 144 Å². The van der Waals surface area contributed by atoms with E-state index in [9.17, 15) is 52.7 Å². The molecule has 0 atom stereocenters. The van der Waals surface area contributed by atoms with Gasteiger partial charge >= 0.3 is 0 Å². The van der Waals surface area contributed by atoms with Crippen molar-refractivity contribution in [2.75, 3.05) is 0 Å². The molecule has 64 heavy (non-hydrogen) atoms. The molecule has 4 nitrogen and oxygen atoms in total. The molecule has 0 radical (unpaired) electrons. The third-order valence-electron chi connectivity index (χ3n) is 9.68. The summed E-state index contributed by atoms with van der Waals surface area (Å²) in [5.41, 5.74) is -13.2. The Bertz CT molecular complexity index is 2370. The molecule has 0 saturated heterocycles. The van der Waals surface area contributed by atoms with Crippen LogP contribution in [-0.2, 0) is 6.54 Å². The molecule has 0 fully saturated rings. The van der Waals surface area contributed by atoms with Gasteiger partial charge in [-0.05, 0) is 12.8 Å². The summed E-state index contributed by atoms with van der Waals surface area (Å²) < 4.78 is 296. The number of hydrogen-bond donors (Lipinski definition) is 0. The van der Waals surface area contributed by atoms with Crippen LogP contribution in [0.1, 0.15) is 39.0 Å². The third-order valence-corrected chi connectivity index (χ3v) is 9.68. The summed E-state index contributed by atoms with van der Waals surface area (Å²) in [4.78, 5) is 3.96. The van der Waals surface area contributed by atoms with Crippen LogP contribution in [0.4, 0.5) is 87.8 Å². The van der Waals surface area contributed by atoms with E-state index in [-0.39, 0.29) is 5.57 Å². The number of nitriles is 2. The minimum Gasteiger partial charge on any atom is -0.252 e. The maximum Gasteiger partial charge on any atom is 0.200 e. The number of nitrogens with zero attached hydrogens (tertiary/aromatic N) is 4. The van der Waals surface area contributed by atoms with Gasteiger partial charge in [-0.2, -0.15) is 15.1 Å². The number of unbranched alkanes of at least 4 members (excludes halogenated alkanes) is 3. The first-order valence-corrected chi connectivity index (χ1v) is 17.6. The molecule has 1 aromatic heterocycles. The van der Waals surface area contributed by atoms with Crippen LogP contribution in [-0.4, -0.2) is 11.1 Å². The third kappa shape index (κ3) is 8.42. The van der Waals surface area contributed by atoms with Crippen LogP contribution in [0.25, 0.3) is 0 Å². The lowest BCUT2D eigenvalue weighted by molar-refractivity contribution is -0.689. The second kappa shape index (κ2) is 19.8. The Morgan fingerprint density at radius 2 is 0.703 bits per heavy atom. The van der Waals surface area contributed by atoms with E-state index in [0.29, 0.717) is 6.54 Å². The van der Waals surface area contributed by atoms with Gasteiger partial charge in [0.15, 0.2) is 88.7 Å². The molecule has 4 aromatic carbocycles. The molecule has 5 aromatic rings. The van der Waals surface area contributed by atoms with Crippen molar-refractivity contribution in [2.24, 2.45) is 0 Å². The standard InChI is InChI=1S/C24BF20.C15H19N4/c26-5-1(6(27)14(35)21(42)13(5)34)25(2-7(28)15(36)22(43)16(37)8(2)29,3-9(30)17(38)23(44)18(39)10(3)31)4-11(32)19(40)24(45)20(41)12(4)33;1-2-3-4-5-6-14(15(11-16)12-17)13-19-9-7-18-8-10-19/h;7-10H,2-6,13H2,1H3/q-1;+1. The molecule has 0 aliphatic rings. The van der Waals surface area contributed by atoms with Crippen LogP contribution >= 0.6 is 0 Å². The summed E-state index contributed by atoms with van der Waals surface area (Å²) in [5, 5.41) is 18.1. The lowest BCUT2D eigenvalue weighted by Gasteiger charge is -2.44. The number of benzene rings is 4. The fourth-order valence-electron chi connectivity index (χ4n) is 6.78. The number of hydrogen-bond acceptors (Lipinski definition) is 3. The zero-order chi connectivity index (χ0) is 48.3. The molecule has 1 heterocycles. The Hall–Kier alpha value is -6.66. The van der Waals surface area contributed by atoms with E-state index >= 15 is 35.1 Å². The fraction of sp³-hybridized carbons (Fsp3) is 0.179. The van der Waals surface area contributed by atoms with Gasteiger partial charge in [0.2, 0.25) is 0 Å². The van der Waals surface area contributed by atoms with Gasteiger partial charge in [-0.25, -0.2) is 87.8 Å². The summed E-state index contributed by atoms with van der Waals surface area (Å²) in [5.74, 6) is -71.4. The van der Waals surface area contributed by atoms with Gasteiger partial charge in [-0.3, -0.25) is 4.98 Å². The van der Waals surface area contributed by atoms with Crippen molar-refractivity contribution in [1.29, 1.82) is 10.5 Å². The number of allylic oxidation sites excluding steroid dienone is 2. The van der Waals surface area contributed by atoms with E-state index in [0.717, 1.165) is 24.8 Å². The van der Waals surface area contributed by atoms with Gasteiger partial charge in [0.05, 0.1) is 12.4 Å². The highest BCUT2D eigenvalue weighted by molar-refractivity contribution is 7.20. The Morgan fingerprint density at radius 3 is 0.953 bits per heavy atom. The summed E-state index contributed by atoms with van der Waals surface area (Å²) in [6.07, 6.45) is 5.24. The predicted octanol–water partition coefficient (Wildman–Crippen LogP) is 8.53. The fourth-order valence-corrected chi connectivity index (χ4v) is 6.78. The SMILES string of the molecule is CCCCCCC(C[n+]1ccncc1)=C(C#N)C#N.Fc1c(F)c(F)c([B-](c2c(F)c(F)c(F)c(F)c2F)(c2c(F)c(F)c(F)c(F)c2F)c2c(F)c(F)c(F)c(F)c2F)c(F)c1F. The molecule has 338 valence electrons. The predicted molar refractivity (Wildman–Crippen MR) is 181 cm³/mol. The van der Waals surface area contributed by atoms with Crippen molar-refractivity contribution in [2.45, 2.75) is 45.6 Å². The van der Waals surface area contributed by atoms with Gasteiger partial charge in [0, 0.05) is 5.57 Å². The molecule has 0 aliphatic heterocycles. The van der Waals surface area contributed by atoms with Crippen LogP contribution in [0, 0.1) is 139 Å². The van der Waals surface area contributed by atoms with Crippen molar-refractivity contribution in [3.63, 3.8) is 0 Å². The zero-order valence-electron chi connectivity index (χ0n) is 31.5. The molecule has 0 bridgehead atoms. The smallest absolute Gasteiger partial charge is 0.200 e. The molecule has 25 heteroatoms. The first-order valence-electron chi connectivity index (χ1n) is 17.6. The van der Waals surface area contributed by atoms with Gasteiger partial charge in [-0.1, -0.05) is 26.2 Å². The topological polar surface area (TPSA) is 64.3 Å². The Balaban J connectivity index is 0.000000395. The summed E-state index contributed by atoms with van der Waals surface area (Å²) in [6, 6.07) is 4.01. The van der Waals surface area contributed by atoms with Crippen LogP contribution in [0.5, 0.6) is 0 Å². The van der Waals surface area contributed by atoms with Crippen molar-refractivity contribution in [1.82, 2.24) is 4.98 Å². The lowest BCUT2D eigenvalue weighted by atomic mass is 9.12. The molecule has 5 rings (SSSR count). The van der Waals surface area contributed by atoms with Crippen LogP contribution in [0.2, 0.25) is 0 Å².